The molecule has 1 atom stereocenters. The summed E-state index contributed by atoms with van der Waals surface area (Å²) in [6.45, 7) is 5.08. The van der Waals surface area contributed by atoms with E-state index in [-0.39, 0.29) is 29.4 Å². The van der Waals surface area contributed by atoms with Crippen molar-refractivity contribution in [2.45, 2.75) is 26.8 Å². The van der Waals surface area contributed by atoms with Gasteiger partial charge < -0.3 is 10.1 Å². The zero-order valence-corrected chi connectivity index (χ0v) is 16.7. The fourth-order valence-electron chi connectivity index (χ4n) is 2.99. The third-order valence-electron chi connectivity index (χ3n) is 4.59. The summed E-state index contributed by atoms with van der Waals surface area (Å²) in [4.78, 5) is 24.4. The summed E-state index contributed by atoms with van der Waals surface area (Å²) in [5, 5.41) is 7.21. The Morgan fingerprint density at radius 3 is 2.31 bits per heavy atom. The van der Waals surface area contributed by atoms with Crippen LogP contribution in [-0.2, 0) is 7.05 Å². The maximum Gasteiger partial charge on any atom is 0.259 e. The molecule has 0 aliphatic rings. The lowest BCUT2D eigenvalue weighted by Gasteiger charge is -2.15. The Kier molecular flexibility index (Phi) is 5.77. The summed E-state index contributed by atoms with van der Waals surface area (Å²) in [5.74, 6) is -0.0548. The van der Waals surface area contributed by atoms with E-state index in [0.29, 0.717) is 22.6 Å². The van der Waals surface area contributed by atoms with Gasteiger partial charge in [0.05, 0.1) is 11.7 Å². The highest BCUT2D eigenvalue weighted by Crippen LogP contribution is 2.28. The van der Waals surface area contributed by atoms with Crippen molar-refractivity contribution < 1.29 is 18.7 Å². The molecule has 1 N–H and O–H groups in total. The molecule has 3 aromatic rings. The molecule has 0 radical (unpaired) electrons. The normalized spacial score (nSPS) is 11.8. The standard InChI is InChI=1S/C22H22FN3O3/c1-13(16-5-7-17(8-6-16)15(3)27)24-21(28)20-14(2)25-26(4)22(20)29-19-11-9-18(23)10-12-19/h5-13H,1-4H3,(H,24,28)/t13-/m0/s1. The number of aromatic nitrogens is 2. The average molecular weight is 395 g/mol. The Hall–Kier alpha value is -3.48. The first-order valence-corrected chi connectivity index (χ1v) is 9.15. The number of ether oxygens (including phenoxy) is 1. The number of ketones is 1. The molecule has 1 heterocycles. The van der Waals surface area contributed by atoms with Crippen molar-refractivity contribution in [3.63, 3.8) is 0 Å². The lowest BCUT2D eigenvalue weighted by Crippen LogP contribution is -2.27. The first-order valence-electron chi connectivity index (χ1n) is 9.15. The number of nitrogens with one attached hydrogen (secondary N) is 1. The molecule has 1 aromatic heterocycles. The van der Waals surface area contributed by atoms with Crippen molar-refractivity contribution in [3.05, 3.63) is 76.7 Å². The predicted octanol–water partition coefficient (Wildman–Crippen LogP) is 4.35. The lowest BCUT2D eigenvalue weighted by molar-refractivity contribution is 0.0935. The molecule has 0 saturated carbocycles. The molecule has 0 unspecified atom stereocenters. The topological polar surface area (TPSA) is 73.2 Å². The molecule has 7 heteroatoms. The molecule has 150 valence electrons. The summed E-state index contributed by atoms with van der Waals surface area (Å²) in [6, 6.07) is 12.3. The van der Waals surface area contributed by atoms with Gasteiger partial charge in [-0.05, 0) is 50.6 Å². The summed E-state index contributed by atoms with van der Waals surface area (Å²) >= 11 is 0. The number of hydrogen-bond donors (Lipinski definition) is 1. The molecule has 1 amide bonds. The minimum Gasteiger partial charge on any atom is -0.438 e. The van der Waals surface area contributed by atoms with Gasteiger partial charge in [0, 0.05) is 12.6 Å². The van der Waals surface area contributed by atoms with E-state index < -0.39 is 0 Å². The maximum atomic E-state index is 13.1. The molecule has 0 aliphatic heterocycles. The number of carbonyl (C=O) groups is 2. The fourth-order valence-corrected chi connectivity index (χ4v) is 2.99. The highest BCUT2D eigenvalue weighted by atomic mass is 19.1. The van der Waals surface area contributed by atoms with Gasteiger partial charge in [0.15, 0.2) is 5.78 Å². The van der Waals surface area contributed by atoms with E-state index in [1.807, 2.05) is 19.1 Å². The van der Waals surface area contributed by atoms with Crippen LogP contribution in [0.5, 0.6) is 11.6 Å². The number of Topliss-reactive ketones (excluding diaryl/α,β-unsaturated/α-hetero) is 1. The smallest absolute Gasteiger partial charge is 0.259 e. The van der Waals surface area contributed by atoms with E-state index in [1.165, 1.54) is 35.9 Å². The van der Waals surface area contributed by atoms with Crippen molar-refractivity contribution in [1.29, 1.82) is 0 Å². The number of aryl methyl sites for hydroxylation is 2. The summed E-state index contributed by atoms with van der Waals surface area (Å²) in [7, 11) is 1.67. The molecule has 0 aliphatic carbocycles. The minimum atomic E-state index is -0.374. The van der Waals surface area contributed by atoms with Crippen LogP contribution in [0.4, 0.5) is 4.39 Å². The Morgan fingerprint density at radius 1 is 1.10 bits per heavy atom. The van der Waals surface area contributed by atoms with Crippen LogP contribution < -0.4 is 10.1 Å². The Morgan fingerprint density at radius 2 is 1.72 bits per heavy atom. The monoisotopic (exact) mass is 395 g/mol. The first kappa shape index (κ1) is 20.3. The molecular weight excluding hydrogens is 373 g/mol. The number of hydrogen-bond acceptors (Lipinski definition) is 4. The van der Waals surface area contributed by atoms with Crippen LogP contribution in [0.15, 0.2) is 48.5 Å². The van der Waals surface area contributed by atoms with Crippen LogP contribution in [0.3, 0.4) is 0 Å². The Bertz CT molecular complexity index is 1040. The second-order valence-corrected chi connectivity index (χ2v) is 6.82. The first-order chi connectivity index (χ1) is 13.8. The van der Waals surface area contributed by atoms with Crippen LogP contribution in [0.1, 0.15) is 51.9 Å². The number of carbonyl (C=O) groups excluding carboxylic acids is 2. The molecule has 6 nitrogen and oxygen atoms in total. The van der Waals surface area contributed by atoms with Gasteiger partial charge in [-0.15, -0.1) is 0 Å². The van der Waals surface area contributed by atoms with Crippen LogP contribution in [-0.4, -0.2) is 21.5 Å². The molecule has 0 fully saturated rings. The van der Waals surface area contributed by atoms with Crippen LogP contribution >= 0.6 is 0 Å². The van der Waals surface area contributed by atoms with Gasteiger partial charge in [-0.2, -0.15) is 5.10 Å². The second kappa shape index (κ2) is 8.26. The molecule has 0 spiro atoms. The minimum absolute atomic E-state index is 0.0122. The van der Waals surface area contributed by atoms with E-state index in [2.05, 4.69) is 10.4 Å². The summed E-state index contributed by atoms with van der Waals surface area (Å²) in [5.41, 5.74) is 2.31. The zero-order valence-electron chi connectivity index (χ0n) is 16.7. The fraction of sp³-hybridized carbons (Fsp3) is 0.227. The number of benzene rings is 2. The van der Waals surface area contributed by atoms with Crippen molar-refractivity contribution in [2.24, 2.45) is 7.05 Å². The Labute approximate surface area is 168 Å². The number of rotatable bonds is 6. The largest absolute Gasteiger partial charge is 0.438 e. The highest BCUT2D eigenvalue weighted by Gasteiger charge is 2.24. The van der Waals surface area contributed by atoms with E-state index in [1.54, 1.807) is 26.1 Å². The average Bonchev–Trinajstić information content (AvgIpc) is 2.96. The predicted molar refractivity (Wildman–Crippen MR) is 107 cm³/mol. The zero-order chi connectivity index (χ0) is 21.1. The van der Waals surface area contributed by atoms with Crippen LogP contribution in [0.25, 0.3) is 0 Å². The van der Waals surface area contributed by atoms with E-state index >= 15 is 0 Å². The van der Waals surface area contributed by atoms with Crippen molar-refractivity contribution >= 4 is 11.7 Å². The highest BCUT2D eigenvalue weighted by molar-refractivity contribution is 5.98. The van der Waals surface area contributed by atoms with Crippen LogP contribution in [0.2, 0.25) is 0 Å². The van der Waals surface area contributed by atoms with Crippen molar-refractivity contribution in [2.75, 3.05) is 0 Å². The number of nitrogens with zero attached hydrogens (tertiary/aromatic N) is 2. The van der Waals surface area contributed by atoms with Gasteiger partial charge in [-0.25, -0.2) is 9.07 Å². The van der Waals surface area contributed by atoms with Gasteiger partial charge >= 0.3 is 0 Å². The maximum absolute atomic E-state index is 13.1. The van der Waals surface area contributed by atoms with Gasteiger partial charge in [0.25, 0.3) is 5.91 Å². The Balaban J connectivity index is 1.81. The molecule has 0 saturated heterocycles. The lowest BCUT2D eigenvalue weighted by atomic mass is 10.0. The third-order valence-corrected chi connectivity index (χ3v) is 4.59. The molecular formula is C22H22FN3O3. The van der Waals surface area contributed by atoms with E-state index in [9.17, 15) is 14.0 Å². The third kappa shape index (κ3) is 4.51. The van der Waals surface area contributed by atoms with Crippen molar-refractivity contribution in [3.8, 4) is 11.6 Å². The molecule has 0 bridgehead atoms. The van der Waals surface area contributed by atoms with Gasteiger partial charge in [-0.3, -0.25) is 9.59 Å². The van der Waals surface area contributed by atoms with Gasteiger partial charge in [0.2, 0.25) is 5.88 Å². The molecule has 2 aromatic carbocycles. The summed E-state index contributed by atoms with van der Waals surface area (Å²) < 4.78 is 20.4. The quantitative estimate of drug-likeness (QED) is 0.630. The van der Waals surface area contributed by atoms with Gasteiger partial charge in [0.1, 0.15) is 17.1 Å². The van der Waals surface area contributed by atoms with E-state index in [0.717, 1.165) is 5.56 Å². The van der Waals surface area contributed by atoms with Crippen LogP contribution in [0, 0.1) is 12.7 Å². The summed E-state index contributed by atoms with van der Waals surface area (Å²) in [6.07, 6.45) is 0. The van der Waals surface area contributed by atoms with Crippen molar-refractivity contribution in [1.82, 2.24) is 15.1 Å². The number of amides is 1. The second-order valence-electron chi connectivity index (χ2n) is 6.82. The molecule has 3 rings (SSSR count). The van der Waals surface area contributed by atoms with E-state index in [4.69, 9.17) is 4.74 Å². The molecule has 29 heavy (non-hydrogen) atoms. The SMILES string of the molecule is CC(=O)c1ccc([C@H](C)NC(=O)c2c(C)nn(C)c2Oc2ccc(F)cc2)cc1. The van der Waals surface area contributed by atoms with Gasteiger partial charge in [-0.1, -0.05) is 24.3 Å². The number of halogens is 1.